The molecule has 0 radical (unpaired) electrons. The van der Waals surface area contributed by atoms with Crippen LogP contribution in [0.5, 0.6) is 11.5 Å². The van der Waals surface area contributed by atoms with E-state index in [-0.39, 0.29) is 5.92 Å². The second-order valence-electron chi connectivity index (χ2n) is 4.82. The fourth-order valence-electron chi connectivity index (χ4n) is 2.04. The molecule has 0 aromatic heterocycles. The van der Waals surface area contributed by atoms with Crippen molar-refractivity contribution in [2.45, 2.75) is 32.8 Å². The summed E-state index contributed by atoms with van der Waals surface area (Å²) >= 11 is 0. The predicted molar refractivity (Wildman–Crippen MR) is 66.5 cm³/mol. The third-order valence-corrected chi connectivity index (χ3v) is 3.70. The molecular weight excluding hydrogens is 216 g/mol. The minimum absolute atomic E-state index is 0.199. The second kappa shape index (κ2) is 4.57. The van der Waals surface area contributed by atoms with Crippen molar-refractivity contribution in [1.82, 2.24) is 0 Å². The zero-order chi connectivity index (χ0) is 12.5. The van der Waals surface area contributed by atoms with Gasteiger partial charge in [0.1, 0.15) is 13.2 Å². The molecule has 0 amide bonds. The number of ether oxygens (including phenoxy) is 2. The topological polar surface area (TPSA) is 38.7 Å². The molecule has 1 heterocycles. The number of hydrogen-bond acceptors (Lipinski definition) is 3. The van der Waals surface area contributed by atoms with Gasteiger partial charge in [-0.05, 0) is 30.5 Å². The van der Waals surface area contributed by atoms with Crippen LogP contribution in [-0.4, -0.2) is 18.3 Å². The molecule has 1 N–H and O–H groups in total. The summed E-state index contributed by atoms with van der Waals surface area (Å²) in [7, 11) is 0. The highest BCUT2D eigenvalue weighted by Crippen LogP contribution is 2.37. The standard InChI is InChI=1S/C14H20O3/c1-4-10(2)14(3,15)11-5-6-12-13(9-11)17-8-7-16-12/h5-6,9-10,15H,4,7-8H2,1-3H3/t10-,14?/m1/s1. The molecule has 94 valence electrons. The monoisotopic (exact) mass is 236 g/mol. The zero-order valence-electron chi connectivity index (χ0n) is 10.7. The summed E-state index contributed by atoms with van der Waals surface area (Å²) in [5.41, 5.74) is 0.0565. The quantitative estimate of drug-likeness (QED) is 0.877. The summed E-state index contributed by atoms with van der Waals surface area (Å²) in [5.74, 6) is 1.70. The highest BCUT2D eigenvalue weighted by atomic mass is 16.6. The molecule has 0 saturated heterocycles. The van der Waals surface area contributed by atoms with Gasteiger partial charge < -0.3 is 14.6 Å². The minimum Gasteiger partial charge on any atom is -0.486 e. The highest BCUT2D eigenvalue weighted by molar-refractivity contribution is 5.45. The van der Waals surface area contributed by atoms with Crippen LogP contribution in [0.25, 0.3) is 0 Å². The maximum atomic E-state index is 10.6. The van der Waals surface area contributed by atoms with E-state index >= 15 is 0 Å². The predicted octanol–water partition coefficient (Wildman–Crippen LogP) is 2.71. The Balaban J connectivity index is 2.33. The molecule has 0 aliphatic carbocycles. The van der Waals surface area contributed by atoms with Crippen LogP contribution in [-0.2, 0) is 5.60 Å². The molecule has 1 aromatic carbocycles. The molecule has 17 heavy (non-hydrogen) atoms. The fraction of sp³-hybridized carbons (Fsp3) is 0.571. The van der Waals surface area contributed by atoms with Gasteiger partial charge in [-0.15, -0.1) is 0 Å². The molecule has 0 bridgehead atoms. The van der Waals surface area contributed by atoms with E-state index in [0.29, 0.717) is 13.2 Å². The first kappa shape index (κ1) is 12.2. The lowest BCUT2D eigenvalue weighted by Gasteiger charge is -2.31. The third-order valence-electron chi connectivity index (χ3n) is 3.70. The number of rotatable bonds is 3. The molecule has 1 aromatic rings. The molecule has 0 fully saturated rings. The molecule has 1 aliphatic rings. The highest BCUT2D eigenvalue weighted by Gasteiger charge is 2.30. The van der Waals surface area contributed by atoms with Gasteiger partial charge in [0.15, 0.2) is 11.5 Å². The van der Waals surface area contributed by atoms with Crippen LogP contribution >= 0.6 is 0 Å². The summed E-state index contributed by atoms with van der Waals surface area (Å²) in [5, 5.41) is 10.6. The Morgan fingerprint density at radius 1 is 1.29 bits per heavy atom. The van der Waals surface area contributed by atoms with Gasteiger partial charge in [0, 0.05) is 0 Å². The van der Waals surface area contributed by atoms with Gasteiger partial charge in [-0.25, -0.2) is 0 Å². The number of benzene rings is 1. The Morgan fingerprint density at radius 2 is 1.94 bits per heavy atom. The van der Waals surface area contributed by atoms with Crippen molar-refractivity contribution in [2.75, 3.05) is 13.2 Å². The van der Waals surface area contributed by atoms with Crippen molar-refractivity contribution in [1.29, 1.82) is 0 Å². The smallest absolute Gasteiger partial charge is 0.161 e. The molecular formula is C14H20O3. The summed E-state index contributed by atoms with van der Waals surface area (Å²) in [6.07, 6.45) is 0.932. The lowest BCUT2D eigenvalue weighted by Crippen LogP contribution is -2.29. The summed E-state index contributed by atoms with van der Waals surface area (Å²) in [6, 6.07) is 5.68. The molecule has 1 unspecified atom stereocenters. The van der Waals surface area contributed by atoms with E-state index in [2.05, 4.69) is 13.8 Å². The van der Waals surface area contributed by atoms with Crippen molar-refractivity contribution < 1.29 is 14.6 Å². The van der Waals surface area contributed by atoms with Gasteiger partial charge in [-0.3, -0.25) is 0 Å². The van der Waals surface area contributed by atoms with Crippen LogP contribution in [0.2, 0.25) is 0 Å². The van der Waals surface area contributed by atoms with Gasteiger partial charge >= 0.3 is 0 Å². The van der Waals surface area contributed by atoms with Crippen LogP contribution < -0.4 is 9.47 Å². The van der Waals surface area contributed by atoms with Crippen LogP contribution in [0.15, 0.2) is 18.2 Å². The van der Waals surface area contributed by atoms with E-state index in [9.17, 15) is 5.11 Å². The Bertz CT molecular complexity index is 398. The molecule has 0 spiro atoms. The molecule has 1 aliphatic heterocycles. The van der Waals surface area contributed by atoms with Gasteiger partial charge in [0.25, 0.3) is 0 Å². The molecule has 0 saturated carbocycles. The van der Waals surface area contributed by atoms with Crippen molar-refractivity contribution >= 4 is 0 Å². The normalized spacial score (nSPS) is 19.5. The molecule has 3 heteroatoms. The molecule has 2 rings (SSSR count). The van der Waals surface area contributed by atoms with Crippen LogP contribution in [0.3, 0.4) is 0 Å². The van der Waals surface area contributed by atoms with Gasteiger partial charge in [-0.1, -0.05) is 26.3 Å². The SMILES string of the molecule is CC[C@@H](C)C(C)(O)c1ccc2c(c1)OCCO2. The summed E-state index contributed by atoms with van der Waals surface area (Å²) in [6.45, 7) is 7.15. The Kier molecular flexibility index (Phi) is 3.29. The molecule has 2 atom stereocenters. The van der Waals surface area contributed by atoms with Crippen LogP contribution in [0.1, 0.15) is 32.8 Å². The lowest BCUT2D eigenvalue weighted by atomic mass is 9.82. The summed E-state index contributed by atoms with van der Waals surface area (Å²) in [4.78, 5) is 0. The van der Waals surface area contributed by atoms with Crippen molar-refractivity contribution in [2.24, 2.45) is 5.92 Å². The average Bonchev–Trinajstić information content (AvgIpc) is 2.37. The first-order chi connectivity index (χ1) is 8.05. The van der Waals surface area contributed by atoms with Crippen molar-refractivity contribution in [3.8, 4) is 11.5 Å². The van der Waals surface area contributed by atoms with Crippen molar-refractivity contribution in [3.63, 3.8) is 0 Å². The second-order valence-corrected chi connectivity index (χ2v) is 4.82. The first-order valence-corrected chi connectivity index (χ1v) is 6.18. The fourth-order valence-corrected chi connectivity index (χ4v) is 2.04. The Hall–Kier alpha value is -1.22. The lowest BCUT2D eigenvalue weighted by molar-refractivity contribution is -0.000396. The number of fused-ring (bicyclic) bond motifs is 1. The Morgan fingerprint density at radius 3 is 2.59 bits per heavy atom. The van der Waals surface area contributed by atoms with E-state index in [1.54, 1.807) is 0 Å². The van der Waals surface area contributed by atoms with E-state index < -0.39 is 5.60 Å². The maximum Gasteiger partial charge on any atom is 0.161 e. The summed E-state index contributed by atoms with van der Waals surface area (Å²) < 4.78 is 11.0. The minimum atomic E-state index is -0.829. The number of aliphatic hydroxyl groups is 1. The van der Waals surface area contributed by atoms with Crippen molar-refractivity contribution in [3.05, 3.63) is 23.8 Å². The van der Waals surface area contributed by atoms with E-state index in [4.69, 9.17) is 9.47 Å². The van der Waals surface area contributed by atoms with E-state index in [1.807, 2.05) is 25.1 Å². The van der Waals surface area contributed by atoms with Gasteiger partial charge in [0.2, 0.25) is 0 Å². The van der Waals surface area contributed by atoms with E-state index in [1.165, 1.54) is 0 Å². The largest absolute Gasteiger partial charge is 0.486 e. The van der Waals surface area contributed by atoms with Crippen LogP contribution in [0.4, 0.5) is 0 Å². The van der Waals surface area contributed by atoms with Gasteiger partial charge in [0.05, 0.1) is 5.60 Å². The maximum absolute atomic E-state index is 10.6. The Labute approximate surface area is 102 Å². The third kappa shape index (κ3) is 2.25. The van der Waals surface area contributed by atoms with E-state index in [0.717, 1.165) is 23.5 Å². The van der Waals surface area contributed by atoms with Crippen LogP contribution in [0, 0.1) is 5.92 Å². The zero-order valence-corrected chi connectivity index (χ0v) is 10.7. The average molecular weight is 236 g/mol. The molecule has 3 nitrogen and oxygen atoms in total. The first-order valence-electron chi connectivity index (χ1n) is 6.18. The number of hydrogen-bond donors (Lipinski definition) is 1. The van der Waals surface area contributed by atoms with Gasteiger partial charge in [-0.2, -0.15) is 0 Å².